The van der Waals surface area contributed by atoms with Crippen LogP contribution in [0.4, 0.5) is 5.82 Å². The summed E-state index contributed by atoms with van der Waals surface area (Å²) in [7, 11) is 0. The van der Waals surface area contributed by atoms with Gasteiger partial charge in [0, 0.05) is 37.9 Å². The number of hydrogen-bond acceptors (Lipinski definition) is 6. The summed E-state index contributed by atoms with van der Waals surface area (Å²) >= 11 is 0. The van der Waals surface area contributed by atoms with Crippen molar-refractivity contribution in [2.24, 2.45) is 5.92 Å². The molecule has 0 saturated carbocycles. The van der Waals surface area contributed by atoms with Gasteiger partial charge in [0.25, 0.3) is 0 Å². The number of aliphatic hydroxyl groups is 1. The Labute approximate surface area is 187 Å². The summed E-state index contributed by atoms with van der Waals surface area (Å²) in [4.78, 5) is 34.2. The average molecular weight is 435 g/mol. The van der Waals surface area contributed by atoms with Crippen molar-refractivity contribution in [1.82, 2.24) is 24.8 Å². The third-order valence-electron chi connectivity index (χ3n) is 6.50. The Morgan fingerprint density at radius 3 is 2.72 bits per heavy atom. The highest BCUT2D eigenvalue weighted by Crippen LogP contribution is 2.28. The molecule has 0 aliphatic carbocycles. The van der Waals surface area contributed by atoms with Gasteiger partial charge < -0.3 is 19.9 Å². The number of anilines is 1. The molecular weight excluding hydrogens is 404 g/mol. The molecular formula is C24H30N6O2. The number of nitrogens with zero attached hydrogens (tertiary/aromatic N) is 5. The molecule has 2 N–H and O–H groups in total. The van der Waals surface area contributed by atoms with Gasteiger partial charge in [-0.1, -0.05) is 0 Å². The first kappa shape index (κ1) is 20.9. The van der Waals surface area contributed by atoms with E-state index in [4.69, 9.17) is 9.97 Å². The normalized spacial score (nSPS) is 19.7. The maximum Gasteiger partial charge on any atom is 0.227 e. The maximum atomic E-state index is 12.9. The van der Waals surface area contributed by atoms with Crippen LogP contribution in [0, 0.1) is 5.92 Å². The van der Waals surface area contributed by atoms with Crippen LogP contribution in [-0.2, 0) is 10.4 Å². The average Bonchev–Trinajstić information content (AvgIpc) is 3.48. The third-order valence-corrected chi connectivity index (χ3v) is 6.50. The van der Waals surface area contributed by atoms with Crippen molar-refractivity contribution in [3.63, 3.8) is 0 Å². The van der Waals surface area contributed by atoms with E-state index in [1.165, 1.54) is 0 Å². The fourth-order valence-electron chi connectivity index (χ4n) is 4.69. The number of carbonyl (C=O) groups excluding carboxylic acids is 1. The molecule has 8 heteroatoms. The summed E-state index contributed by atoms with van der Waals surface area (Å²) in [5.41, 5.74) is 1.92. The molecule has 32 heavy (non-hydrogen) atoms. The number of likely N-dealkylation sites (tertiary alicyclic amines) is 1. The molecule has 1 unspecified atom stereocenters. The number of fused-ring (bicyclic) bond motifs is 1. The molecule has 1 atom stereocenters. The highest BCUT2D eigenvalue weighted by atomic mass is 16.3. The lowest BCUT2D eigenvalue weighted by Gasteiger charge is -2.34. The summed E-state index contributed by atoms with van der Waals surface area (Å²) in [6.45, 7) is 6.85. The van der Waals surface area contributed by atoms with E-state index in [0.29, 0.717) is 29.6 Å². The number of amides is 1. The van der Waals surface area contributed by atoms with E-state index in [2.05, 4.69) is 14.9 Å². The molecule has 8 nitrogen and oxygen atoms in total. The predicted molar refractivity (Wildman–Crippen MR) is 123 cm³/mol. The lowest BCUT2D eigenvalue weighted by Crippen LogP contribution is -2.44. The van der Waals surface area contributed by atoms with Gasteiger partial charge in [0.05, 0.1) is 17.1 Å². The van der Waals surface area contributed by atoms with E-state index in [9.17, 15) is 9.90 Å². The molecule has 2 fully saturated rings. The first-order valence-corrected chi connectivity index (χ1v) is 11.5. The van der Waals surface area contributed by atoms with Crippen LogP contribution in [0.2, 0.25) is 0 Å². The number of pyridine rings is 2. The first-order chi connectivity index (χ1) is 15.4. The van der Waals surface area contributed by atoms with Crippen LogP contribution < -0.4 is 4.90 Å². The van der Waals surface area contributed by atoms with Crippen molar-refractivity contribution >= 4 is 22.9 Å². The monoisotopic (exact) mass is 434 g/mol. The summed E-state index contributed by atoms with van der Waals surface area (Å²) in [6.07, 6.45) is 5.87. The summed E-state index contributed by atoms with van der Waals surface area (Å²) in [6, 6.07) is 7.71. The molecule has 0 bridgehead atoms. The van der Waals surface area contributed by atoms with Crippen LogP contribution in [0.15, 0.2) is 30.5 Å². The second kappa shape index (κ2) is 8.16. The lowest BCUT2D eigenvalue weighted by atomic mass is 9.96. The van der Waals surface area contributed by atoms with E-state index in [1.54, 1.807) is 20.0 Å². The quantitative estimate of drug-likeness (QED) is 0.655. The molecule has 0 radical (unpaired) electrons. The second-order valence-corrected chi connectivity index (χ2v) is 9.43. The van der Waals surface area contributed by atoms with Crippen LogP contribution in [-0.4, -0.2) is 62.0 Å². The Kier molecular flexibility index (Phi) is 5.33. The van der Waals surface area contributed by atoms with Gasteiger partial charge in [-0.3, -0.25) is 9.78 Å². The minimum Gasteiger partial charge on any atom is -0.384 e. The van der Waals surface area contributed by atoms with E-state index in [-0.39, 0.29) is 5.92 Å². The zero-order valence-corrected chi connectivity index (χ0v) is 18.7. The second-order valence-electron chi connectivity index (χ2n) is 9.43. The highest BCUT2D eigenvalue weighted by molar-refractivity contribution is 5.81. The van der Waals surface area contributed by atoms with Gasteiger partial charge in [0.2, 0.25) is 5.91 Å². The molecule has 2 aliphatic heterocycles. The van der Waals surface area contributed by atoms with Crippen molar-refractivity contribution in [1.29, 1.82) is 0 Å². The number of rotatable bonds is 4. The van der Waals surface area contributed by atoms with Crippen LogP contribution in [0.3, 0.4) is 0 Å². The van der Waals surface area contributed by atoms with Crippen molar-refractivity contribution < 1.29 is 9.90 Å². The smallest absolute Gasteiger partial charge is 0.227 e. The van der Waals surface area contributed by atoms with Gasteiger partial charge in [0.1, 0.15) is 17.2 Å². The number of H-pyrrole nitrogens is 1. The zero-order chi connectivity index (χ0) is 22.3. The molecule has 2 aliphatic rings. The summed E-state index contributed by atoms with van der Waals surface area (Å²) in [5, 5.41) is 10.3. The Morgan fingerprint density at radius 1 is 1.12 bits per heavy atom. The largest absolute Gasteiger partial charge is 0.384 e. The standard InChI is InChI=1S/C24H30N6O2/c1-24(2,32)19-14-16(9-10-25-19)21-26-18-7-8-20(27-22(18)28-21)30-13-5-6-17(15-30)23(31)29-11-3-4-12-29/h7-10,14,17,32H,3-6,11-13,15H2,1-2H3,(H,26,27,28). The summed E-state index contributed by atoms with van der Waals surface area (Å²) < 4.78 is 0. The van der Waals surface area contributed by atoms with E-state index >= 15 is 0 Å². The summed E-state index contributed by atoms with van der Waals surface area (Å²) in [5.74, 6) is 1.90. The van der Waals surface area contributed by atoms with Crippen LogP contribution in [0.25, 0.3) is 22.6 Å². The number of piperidine rings is 1. The Balaban J connectivity index is 1.38. The number of nitrogens with one attached hydrogen (secondary N) is 1. The van der Waals surface area contributed by atoms with Gasteiger partial charge >= 0.3 is 0 Å². The van der Waals surface area contributed by atoms with Gasteiger partial charge in [-0.15, -0.1) is 0 Å². The molecule has 2 saturated heterocycles. The topological polar surface area (TPSA) is 98.2 Å². The molecule has 5 heterocycles. The van der Waals surface area contributed by atoms with E-state index < -0.39 is 5.60 Å². The van der Waals surface area contributed by atoms with E-state index in [1.807, 2.05) is 29.2 Å². The minimum atomic E-state index is -1.02. The minimum absolute atomic E-state index is 0.0474. The zero-order valence-electron chi connectivity index (χ0n) is 18.7. The van der Waals surface area contributed by atoms with Gasteiger partial charge in [-0.05, 0) is 63.8 Å². The SMILES string of the molecule is CC(C)(O)c1cc(-c2nc3nc(N4CCCC(C(=O)N5CCCC5)C4)ccc3[nH]2)ccn1. The fraction of sp³-hybridized carbons (Fsp3) is 0.500. The molecule has 3 aromatic heterocycles. The van der Waals surface area contributed by atoms with Crippen molar-refractivity contribution in [3.8, 4) is 11.4 Å². The van der Waals surface area contributed by atoms with Gasteiger partial charge in [0.15, 0.2) is 5.65 Å². The van der Waals surface area contributed by atoms with Crippen LogP contribution >= 0.6 is 0 Å². The first-order valence-electron chi connectivity index (χ1n) is 11.5. The lowest BCUT2D eigenvalue weighted by molar-refractivity contribution is -0.134. The molecule has 1 amide bonds. The highest BCUT2D eigenvalue weighted by Gasteiger charge is 2.31. The van der Waals surface area contributed by atoms with Crippen molar-refractivity contribution in [2.45, 2.75) is 45.1 Å². The van der Waals surface area contributed by atoms with Crippen LogP contribution in [0.5, 0.6) is 0 Å². The molecule has 5 rings (SSSR count). The van der Waals surface area contributed by atoms with Crippen LogP contribution in [0.1, 0.15) is 45.2 Å². The van der Waals surface area contributed by atoms with Gasteiger partial charge in [-0.25, -0.2) is 9.97 Å². The predicted octanol–water partition coefficient (Wildman–Crippen LogP) is 3.09. The van der Waals surface area contributed by atoms with Crippen molar-refractivity contribution in [2.75, 3.05) is 31.1 Å². The van der Waals surface area contributed by atoms with Gasteiger partial charge in [-0.2, -0.15) is 0 Å². The number of aromatic amines is 1. The number of aromatic nitrogens is 4. The Hall–Kier alpha value is -3.00. The number of hydrogen-bond donors (Lipinski definition) is 2. The Bertz CT molecular complexity index is 1130. The maximum absolute atomic E-state index is 12.9. The van der Waals surface area contributed by atoms with Crippen molar-refractivity contribution in [3.05, 3.63) is 36.2 Å². The Morgan fingerprint density at radius 2 is 1.94 bits per heavy atom. The molecule has 0 aromatic carbocycles. The third kappa shape index (κ3) is 4.07. The molecule has 168 valence electrons. The fourth-order valence-corrected chi connectivity index (χ4v) is 4.69. The molecule has 0 spiro atoms. The number of imidazole rings is 1. The molecule has 3 aromatic rings. The number of carbonyl (C=O) groups is 1. The van der Waals surface area contributed by atoms with E-state index in [0.717, 1.165) is 62.2 Å².